The second-order valence-corrected chi connectivity index (χ2v) is 6.48. The van der Waals surface area contributed by atoms with Gasteiger partial charge in [0.1, 0.15) is 6.07 Å². The predicted octanol–water partition coefficient (Wildman–Crippen LogP) is 1.94. The van der Waals surface area contributed by atoms with E-state index < -0.39 is 11.7 Å². The minimum Gasteiger partial charge on any atom is -0.355 e. The van der Waals surface area contributed by atoms with E-state index >= 15 is 0 Å². The van der Waals surface area contributed by atoms with Crippen LogP contribution in [0.25, 0.3) is 0 Å². The third-order valence-corrected chi connectivity index (χ3v) is 4.84. The van der Waals surface area contributed by atoms with E-state index in [1.807, 2.05) is 6.07 Å². The molecule has 8 heteroatoms. The summed E-state index contributed by atoms with van der Waals surface area (Å²) >= 11 is 0. The summed E-state index contributed by atoms with van der Waals surface area (Å²) < 4.78 is 11.5. The van der Waals surface area contributed by atoms with Crippen molar-refractivity contribution in [3.05, 3.63) is 47.7 Å². The number of nitrogens with zero attached hydrogens (tertiary/aromatic N) is 4. The number of hydrogen-bond acceptors (Lipinski definition) is 7. The van der Waals surface area contributed by atoms with Gasteiger partial charge < -0.3 is 19.7 Å². The van der Waals surface area contributed by atoms with Gasteiger partial charge in [0.2, 0.25) is 0 Å². The molecule has 2 aromatic rings. The zero-order valence-electron chi connectivity index (χ0n) is 14.7. The summed E-state index contributed by atoms with van der Waals surface area (Å²) in [7, 11) is 0. The first-order valence-electron chi connectivity index (χ1n) is 8.86. The van der Waals surface area contributed by atoms with E-state index in [2.05, 4.69) is 20.4 Å². The van der Waals surface area contributed by atoms with Crippen molar-refractivity contribution in [2.75, 3.05) is 36.5 Å². The van der Waals surface area contributed by atoms with E-state index in [4.69, 9.17) is 14.7 Å². The largest absolute Gasteiger partial charge is 0.355 e. The van der Waals surface area contributed by atoms with Gasteiger partial charge in [0.05, 0.1) is 24.5 Å². The van der Waals surface area contributed by atoms with Crippen LogP contribution in [0, 0.1) is 11.3 Å². The van der Waals surface area contributed by atoms with Gasteiger partial charge in [0.15, 0.2) is 17.3 Å². The Morgan fingerprint density at radius 1 is 1.11 bits per heavy atom. The number of carbonyl (C=O) groups excluding carboxylic acids is 1. The molecule has 0 bridgehead atoms. The lowest BCUT2D eigenvalue weighted by molar-refractivity contribution is -0.169. The van der Waals surface area contributed by atoms with Crippen molar-refractivity contribution in [1.82, 2.24) is 10.2 Å². The van der Waals surface area contributed by atoms with Crippen LogP contribution in [0.15, 0.2) is 36.4 Å². The summed E-state index contributed by atoms with van der Waals surface area (Å²) in [6.45, 7) is 2.82. The molecule has 8 nitrogen and oxygen atoms in total. The molecule has 0 saturated carbocycles. The number of hydrogen-bond donors (Lipinski definition) is 1. The molecule has 27 heavy (non-hydrogen) atoms. The molecular formula is C19H19N5O3. The van der Waals surface area contributed by atoms with Gasteiger partial charge in [-0.15, -0.1) is 10.2 Å². The Morgan fingerprint density at radius 3 is 2.52 bits per heavy atom. The van der Waals surface area contributed by atoms with Gasteiger partial charge in [0.25, 0.3) is 5.91 Å². The first kappa shape index (κ1) is 17.4. The topological polar surface area (TPSA) is 100 Å². The highest BCUT2D eigenvalue weighted by Gasteiger charge is 2.40. The Bertz CT molecular complexity index is 862. The maximum Gasteiger partial charge on any atom is 0.276 e. The number of anilines is 2. The Balaban J connectivity index is 1.40. The molecule has 1 aromatic heterocycles. The molecular weight excluding hydrogens is 346 g/mol. The van der Waals surface area contributed by atoms with Crippen molar-refractivity contribution in [3.8, 4) is 6.07 Å². The number of rotatable bonds is 3. The van der Waals surface area contributed by atoms with Gasteiger partial charge in [-0.05, 0) is 24.3 Å². The lowest BCUT2D eigenvalue weighted by Gasteiger charge is -2.37. The maximum absolute atomic E-state index is 12.4. The Morgan fingerprint density at radius 2 is 1.85 bits per heavy atom. The minimum atomic E-state index is -0.433. The second-order valence-electron chi connectivity index (χ2n) is 6.48. The molecule has 1 aromatic carbocycles. The standard InChI is InChI=1S/C19H19N5O3/c20-13-14-3-1-2-4-15(14)21-18(25)16-5-6-17(23-22-16)24-9-7-19(8-10-24)26-11-12-27-19/h1-6H,7-12H2,(H,21,25). The summed E-state index contributed by atoms with van der Waals surface area (Å²) in [6, 6.07) is 12.3. The van der Waals surface area contributed by atoms with Crippen molar-refractivity contribution in [3.63, 3.8) is 0 Å². The molecule has 4 rings (SSSR count). The number of nitrogens with one attached hydrogen (secondary N) is 1. The average Bonchev–Trinajstić information content (AvgIpc) is 3.17. The van der Waals surface area contributed by atoms with Crippen LogP contribution in [0.3, 0.4) is 0 Å². The van der Waals surface area contributed by atoms with Gasteiger partial charge in [-0.25, -0.2) is 0 Å². The van der Waals surface area contributed by atoms with Crippen molar-refractivity contribution < 1.29 is 14.3 Å². The Kier molecular flexibility index (Phi) is 4.71. The third kappa shape index (κ3) is 3.60. The predicted molar refractivity (Wildman–Crippen MR) is 97.2 cm³/mol. The number of piperidine rings is 1. The van der Waals surface area contributed by atoms with E-state index in [1.165, 1.54) is 0 Å². The van der Waals surface area contributed by atoms with Crippen molar-refractivity contribution in [1.29, 1.82) is 5.26 Å². The van der Waals surface area contributed by atoms with Crippen LogP contribution >= 0.6 is 0 Å². The molecule has 0 aliphatic carbocycles. The maximum atomic E-state index is 12.4. The zero-order valence-corrected chi connectivity index (χ0v) is 14.7. The minimum absolute atomic E-state index is 0.197. The molecule has 2 aliphatic heterocycles. The molecule has 138 valence electrons. The number of para-hydroxylation sites is 1. The third-order valence-electron chi connectivity index (χ3n) is 4.84. The molecule has 0 radical (unpaired) electrons. The molecule has 0 unspecified atom stereocenters. The lowest BCUT2D eigenvalue weighted by atomic mass is 10.0. The number of benzene rings is 1. The summed E-state index contributed by atoms with van der Waals surface area (Å²) in [5.74, 6) is -0.114. The van der Waals surface area contributed by atoms with E-state index in [9.17, 15) is 4.79 Å². The number of ether oxygens (including phenoxy) is 2. The second kappa shape index (κ2) is 7.31. The molecule has 2 saturated heterocycles. The quantitative estimate of drug-likeness (QED) is 0.887. The normalized spacial score (nSPS) is 18.3. The number of nitriles is 1. The fourth-order valence-corrected chi connectivity index (χ4v) is 3.35. The van der Waals surface area contributed by atoms with E-state index in [1.54, 1.807) is 36.4 Å². The van der Waals surface area contributed by atoms with Crippen LogP contribution in [0.1, 0.15) is 28.9 Å². The van der Waals surface area contributed by atoms with Crippen LogP contribution in [-0.4, -0.2) is 48.2 Å². The highest BCUT2D eigenvalue weighted by Crippen LogP contribution is 2.32. The molecule has 2 fully saturated rings. The molecule has 0 atom stereocenters. The lowest BCUT2D eigenvalue weighted by Crippen LogP contribution is -2.45. The zero-order chi connectivity index (χ0) is 18.7. The summed E-state index contributed by atoms with van der Waals surface area (Å²) in [5, 5.41) is 20.0. The van der Waals surface area contributed by atoms with E-state index in [-0.39, 0.29) is 5.69 Å². The van der Waals surface area contributed by atoms with Crippen molar-refractivity contribution in [2.45, 2.75) is 18.6 Å². The number of aromatic nitrogens is 2. The van der Waals surface area contributed by atoms with Crippen molar-refractivity contribution >= 4 is 17.4 Å². The summed E-state index contributed by atoms with van der Waals surface area (Å²) in [4.78, 5) is 14.5. The smallest absolute Gasteiger partial charge is 0.276 e. The van der Waals surface area contributed by atoms with Gasteiger partial charge in [0, 0.05) is 25.9 Å². The molecule has 2 aliphatic rings. The molecule has 3 heterocycles. The first-order chi connectivity index (χ1) is 13.2. The van der Waals surface area contributed by atoms with Gasteiger partial charge in [-0.2, -0.15) is 5.26 Å². The van der Waals surface area contributed by atoms with Crippen LogP contribution in [0.2, 0.25) is 0 Å². The molecule has 1 amide bonds. The fourth-order valence-electron chi connectivity index (χ4n) is 3.35. The Labute approximate surface area is 156 Å². The van der Waals surface area contributed by atoms with Gasteiger partial charge >= 0.3 is 0 Å². The molecule has 1 spiro atoms. The van der Waals surface area contributed by atoms with Crippen LogP contribution in [0.4, 0.5) is 11.5 Å². The van der Waals surface area contributed by atoms with Crippen LogP contribution < -0.4 is 10.2 Å². The van der Waals surface area contributed by atoms with Crippen LogP contribution in [0.5, 0.6) is 0 Å². The summed E-state index contributed by atoms with van der Waals surface area (Å²) in [5.41, 5.74) is 1.05. The van der Waals surface area contributed by atoms with Crippen molar-refractivity contribution in [2.24, 2.45) is 0 Å². The highest BCUT2D eigenvalue weighted by molar-refractivity contribution is 6.03. The average molecular weight is 365 g/mol. The number of amides is 1. The fraction of sp³-hybridized carbons (Fsp3) is 0.368. The Hall–Kier alpha value is -3.02. The SMILES string of the molecule is N#Cc1ccccc1NC(=O)c1ccc(N2CCC3(CC2)OCCO3)nn1. The monoisotopic (exact) mass is 365 g/mol. The number of carbonyl (C=O) groups is 1. The molecule has 1 N–H and O–H groups in total. The van der Waals surface area contributed by atoms with Gasteiger partial charge in [-0.3, -0.25) is 4.79 Å². The van der Waals surface area contributed by atoms with E-state index in [0.29, 0.717) is 24.5 Å². The summed E-state index contributed by atoms with van der Waals surface area (Å²) in [6.07, 6.45) is 1.56. The van der Waals surface area contributed by atoms with Crippen LogP contribution in [-0.2, 0) is 9.47 Å². The first-order valence-corrected chi connectivity index (χ1v) is 8.86. The van der Waals surface area contributed by atoms with E-state index in [0.717, 1.165) is 31.7 Å². The highest BCUT2D eigenvalue weighted by atomic mass is 16.7. The van der Waals surface area contributed by atoms with Gasteiger partial charge in [-0.1, -0.05) is 12.1 Å².